The van der Waals surface area contributed by atoms with E-state index in [1.54, 1.807) is 6.20 Å². The number of aryl methyl sites for hydroxylation is 1. The van der Waals surface area contributed by atoms with E-state index in [-0.39, 0.29) is 5.91 Å². The molecule has 0 fully saturated rings. The van der Waals surface area contributed by atoms with Crippen molar-refractivity contribution in [1.29, 1.82) is 0 Å². The lowest BCUT2D eigenvalue weighted by Crippen LogP contribution is -2.29. The Labute approximate surface area is 113 Å². The molecule has 0 atom stereocenters. The van der Waals surface area contributed by atoms with Gasteiger partial charge in [0, 0.05) is 17.6 Å². The fraction of sp³-hybridized carbons (Fsp3) is 0.182. The zero-order chi connectivity index (χ0) is 13.0. The first-order valence-electron chi connectivity index (χ1n) is 5.20. The second-order valence-corrected chi connectivity index (χ2v) is 5.38. The summed E-state index contributed by atoms with van der Waals surface area (Å²) in [6, 6.07) is 3.76. The minimum atomic E-state index is -0.259. The van der Waals surface area contributed by atoms with Crippen molar-refractivity contribution in [2.45, 2.75) is 17.8 Å². The number of hydrazine groups is 1. The van der Waals surface area contributed by atoms with Gasteiger partial charge in [0.2, 0.25) is 0 Å². The van der Waals surface area contributed by atoms with Gasteiger partial charge in [0.1, 0.15) is 0 Å². The Bertz CT molecular complexity index is 555. The van der Waals surface area contributed by atoms with Crippen molar-refractivity contribution in [3.05, 3.63) is 39.8 Å². The lowest BCUT2D eigenvalue weighted by atomic mass is 10.3. The van der Waals surface area contributed by atoms with Gasteiger partial charge in [0.25, 0.3) is 5.91 Å². The van der Waals surface area contributed by atoms with Gasteiger partial charge in [-0.25, -0.2) is 15.8 Å². The van der Waals surface area contributed by atoms with Crippen LogP contribution in [0, 0.1) is 6.92 Å². The summed E-state index contributed by atoms with van der Waals surface area (Å²) >= 11 is 2.87. The van der Waals surface area contributed by atoms with Crippen molar-refractivity contribution >= 4 is 29.0 Å². The summed E-state index contributed by atoms with van der Waals surface area (Å²) in [4.78, 5) is 20.6. The maximum atomic E-state index is 11.5. The first kappa shape index (κ1) is 13.0. The number of nitrogens with one attached hydrogen (secondary N) is 1. The Morgan fingerprint density at radius 1 is 1.56 bits per heavy atom. The van der Waals surface area contributed by atoms with Crippen LogP contribution in [-0.4, -0.2) is 15.9 Å². The normalized spacial score (nSPS) is 10.3. The molecule has 2 aromatic heterocycles. The lowest BCUT2D eigenvalue weighted by molar-refractivity contribution is 0.0957. The van der Waals surface area contributed by atoms with Crippen molar-refractivity contribution in [1.82, 2.24) is 15.4 Å². The van der Waals surface area contributed by atoms with Crippen molar-refractivity contribution in [3.8, 4) is 0 Å². The van der Waals surface area contributed by atoms with Crippen LogP contribution in [0.2, 0.25) is 0 Å². The van der Waals surface area contributed by atoms with Gasteiger partial charge in [-0.2, -0.15) is 0 Å². The molecule has 0 aliphatic heterocycles. The number of carbonyl (C=O) groups is 1. The van der Waals surface area contributed by atoms with E-state index < -0.39 is 0 Å². The molecule has 0 radical (unpaired) electrons. The standard InChI is InChI=1S/C11H12N4OS2/c1-7-2-4-13-11(14-7)18-6-8-3-5-17-9(8)10(16)15-12/h2-5H,6,12H2,1H3,(H,15,16). The molecule has 0 spiro atoms. The largest absolute Gasteiger partial charge is 0.289 e. The van der Waals surface area contributed by atoms with Crippen molar-refractivity contribution in [3.63, 3.8) is 0 Å². The molecular formula is C11H12N4OS2. The van der Waals surface area contributed by atoms with Crippen LogP contribution in [0.25, 0.3) is 0 Å². The van der Waals surface area contributed by atoms with Crippen LogP contribution in [0.1, 0.15) is 20.9 Å². The zero-order valence-corrected chi connectivity index (χ0v) is 11.3. The minimum absolute atomic E-state index is 0.259. The summed E-state index contributed by atoms with van der Waals surface area (Å²) in [5.74, 6) is 5.52. The van der Waals surface area contributed by atoms with E-state index >= 15 is 0 Å². The van der Waals surface area contributed by atoms with Crippen LogP contribution in [0.5, 0.6) is 0 Å². The monoisotopic (exact) mass is 280 g/mol. The number of amides is 1. The Balaban J connectivity index is 2.07. The molecule has 94 valence electrons. The maximum Gasteiger partial charge on any atom is 0.275 e. The van der Waals surface area contributed by atoms with E-state index in [2.05, 4.69) is 15.4 Å². The third-order valence-corrected chi connectivity index (χ3v) is 4.08. The number of nitrogens with zero attached hydrogens (tertiary/aromatic N) is 2. The molecule has 5 nitrogen and oxygen atoms in total. The van der Waals surface area contributed by atoms with Gasteiger partial charge >= 0.3 is 0 Å². The Morgan fingerprint density at radius 3 is 3.11 bits per heavy atom. The van der Waals surface area contributed by atoms with Crippen LogP contribution in [0.15, 0.2) is 28.9 Å². The summed E-state index contributed by atoms with van der Waals surface area (Å²) in [7, 11) is 0. The number of hydrogen-bond donors (Lipinski definition) is 2. The summed E-state index contributed by atoms with van der Waals surface area (Å²) in [5.41, 5.74) is 4.02. The van der Waals surface area contributed by atoms with E-state index in [0.29, 0.717) is 15.8 Å². The average molecular weight is 280 g/mol. The first-order chi connectivity index (χ1) is 8.70. The predicted molar refractivity (Wildman–Crippen MR) is 72.3 cm³/mol. The topological polar surface area (TPSA) is 80.9 Å². The van der Waals surface area contributed by atoms with Crippen molar-refractivity contribution < 1.29 is 4.79 Å². The number of nitrogen functional groups attached to an aromatic ring is 1. The number of thioether (sulfide) groups is 1. The van der Waals surface area contributed by atoms with Crippen LogP contribution in [-0.2, 0) is 5.75 Å². The predicted octanol–water partition coefficient (Wildman–Crippen LogP) is 1.74. The minimum Gasteiger partial charge on any atom is -0.289 e. The maximum absolute atomic E-state index is 11.5. The number of hydrogen-bond acceptors (Lipinski definition) is 6. The fourth-order valence-electron chi connectivity index (χ4n) is 1.35. The molecule has 0 aliphatic rings. The van der Waals surface area contributed by atoms with E-state index in [1.807, 2.05) is 24.4 Å². The molecule has 0 saturated heterocycles. The van der Waals surface area contributed by atoms with E-state index in [1.165, 1.54) is 23.1 Å². The number of rotatable bonds is 4. The summed E-state index contributed by atoms with van der Waals surface area (Å²) in [6.45, 7) is 1.92. The number of nitrogens with two attached hydrogens (primary N) is 1. The van der Waals surface area contributed by atoms with E-state index in [9.17, 15) is 4.79 Å². The quantitative estimate of drug-likeness (QED) is 0.293. The molecule has 18 heavy (non-hydrogen) atoms. The molecular weight excluding hydrogens is 268 g/mol. The molecule has 0 unspecified atom stereocenters. The van der Waals surface area contributed by atoms with Crippen LogP contribution in [0.4, 0.5) is 0 Å². The molecule has 2 aromatic rings. The molecule has 2 rings (SSSR count). The molecule has 0 aromatic carbocycles. The summed E-state index contributed by atoms with van der Waals surface area (Å²) < 4.78 is 0. The number of aromatic nitrogens is 2. The molecule has 7 heteroatoms. The lowest BCUT2D eigenvalue weighted by Gasteiger charge is -2.02. The van der Waals surface area contributed by atoms with Gasteiger partial charge in [-0.1, -0.05) is 11.8 Å². The van der Waals surface area contributed by atoms with E-state index in [4.69, 9.17) is 5.84 Å². The average Bonchev–Trinajstić information content (AvgIpc) is 2.84. The van der Waals surface area contributed by atoms with Crippen LogP contribution < -0.4 is 11.3 Å². The van der Waals surface area contributed by atoms with Gasteiger partial charge in [0.05, 0.1) is 4.88 Å². The van der Waals surface area contributed by atoms with Crippen LogP contribution >= 0.6 is 23.1 Å². The Hall–Kier alpha value is -1.44. The number of carbonyl (C=O) groups excluding carboxylic acids is 1. The first-order valence-corrected chi connectivity index (χ1v) is 7.07. The highest BCUT2D eigenvalue weighted by Crippen LogP contribution is 2.24. The van der Waals surface area contributed by atoms with Crippen LogP contribution in [0.3, 0.4) is 0 Å². The van der Waals surface area contributed by atoms with Gasteiger partial charge < -0.3 is 0 Å². The highest BCUT2D eigenvalue weighted by Gasteiger charge is 2.12. The highest BCUT2D eigenvalue weighted by atomic mass is 32.2. The van der Waals surface area contributed by atoms with Crippen molar-refractivity contribution in [2.75, 3.05) is 0 Å². The SMILES string of the molecule is Cc1ccnc(SCc2ccsc2C(=O)NN)n1. The smallest absolute Gasteiger partial charge is 0.275 e. The highest BCUT2D eigenvalue weighted by molar-refractivity contribution is 7.98. The molecule has 0 bridgehead atoms. The summed E-state index contributed by atoms with van der Waals surface area (Å²) in [6.07, 6.45) is 1.73. The van der Waals surface area contributed by atoms with Gasteiger partial charge in [-0.3, -0.25) is 10.2 Å². The Morgan fingerprint density at radius 2 is 2.39 bits per heavy atom. The number of thiophene rings is 1. The van der Waals surface area contributed by atoms with E-state index in [0.717, 1.165) is 11.3 Å². The van der Waals surface area contributed by atoms with Gasteiger partial charge in [-0.15, -0.1) is 11.3 Å². The molecule has 0 saturated carbocycles. The van der Waals surface area contributed by atoms with Gasteiger partial charge in [-0.05, 0) is 30.0 Å². The third-order valence-electron chi connectivity index (χ3n) is 2.21. The molecule has 2 heterocycles. The summed E-state index contributed by atoms with van der Waals surface area (Å²) in [5, 5.41) is 2.58. The van der Waals surface area contributed by atoms with Gasteiger partial charge in [0.15, 0.2) is 5.16 Å². The molecule has 0 aliphatic carbocycles. The second-order valence-electron chi connectivity index (χ2n) is 3.52. The van der Waals surface area contributed by atoms with Crippen molar-refractivity contribution in [2.24, 2.45) is 5.84 Å². The molecule has 1 amide bonds. The Kier molecular flexibility index (Phi) is 4.29. The molecule has 3 N–H and O–H groups in total. The zero-order valence-electron chi connectivity index (χ0n) is 9.71. The fourth-order valence-corrected chi connectivity index (χ4v) is 3.14. The third kappa shape index (κ3) is 3.06. The second kappa shape index (κ2) is 5.94.